The van der Waals surface area contributed by atoms with Crippen LogP contribution < -0.4 is 16.3 Å². The SMILES string of the molecule is C1CNCCN1.O=C1CC=CO1.O=c1ccc2ccccc2o1. The molecule has 0 saturated carbocycles. The van der Waals surface area contributed by atoms with Crippen LogP contribution in [0.5, 0.6) is 0 Å². The van der Waals surface area contributed by atoms with Crippen LogP contribution in [0.25, 0.3) is 11.0 Å². The van der Waals surface area contributed by atoms with Gasteiger partial charge in [-0.25, -0.2) is 4.79 Å². The first-order chi connectivity index (χ1) is 11.3. The number of carbonyl (C=O) groups excluding carboxylic acids is 1. The Morgan fingerprint density at radius 3 is 2.09 bits per heavy atom. The molecule has 0 unspecified atom stereocenters. The molecule has 1 fully saturated rings. The second-order valence-electron chi connectivity index (χ2n) is 4.86. The number of fused-ring (bicyclic) bond motifs is 1. The van der Waals surface area contributed by atoms with E-state index in [9.17, 15) is 9.59 Å². The summed E-state index contributed by atoms with van der Waals surface area (Å²) in [6.45, 7) is 4.56. The lowest BCUT2D eigenvalue weighted by Gasteiger charge is -2.11. The van der Waals surface area contributed by atoms with Crippen LogP contribution in [0.2, 0.25) is 0 Å². The molecule has 4 rings (SSSR count). The molecule has 1 aromatic carbocycles. The molecule has 2 N–H and O–H groups in total. The highest BCUT2D eigenvalue weighted by atomic mass is 16.5. The van der Waals surface area contributed by atoms with Crippen LogP contribution in [-0.4, -0.2) is 32.1 Å². The zero-order valence-electron chi connectivity index (χ0n) is 12.8. The number of carbonyl (C=O) groups is 1. The summed E-state index contributed by atoms with van der Waals surface area (Å²) in [4.78, 5) is 20.7. The Hall–Kier alpha value is -2.44. The molecule has 3 heterocycles. The molecule has 6 nitrogen and oxygen atoms in total. The van der Waals surface area contributed by atoms with Gasteiger partial charge in [0.15, 0.2) is 0 Å². The van der Waals surface area contributed by atoms with Crippen LogP contribution in [-0.2, 0) is 9.53 Å². The molecule has 2 aliphatic heterocycles. The highest BCUT2D eigenvalue weighted by Crippen LogP contribution is 2.08. The third-order valence-corrected chi connectivity index (χ3v) is 3.07. The van der Waals surface area contributed by atoms with Crippen LogP contribution >= 0.6 is 0 Å². The van der Waals surface area contributed by atoms with Gasteiger partial charge in [0.1, 0.15) is 5.58 Å². The zero-order chi connectivity index (χ0) is 16.3. The van der Waals surface area contributed by atoms with Gasteiger partial charge in [-0.15, -0.1) is 0 Å². The summed E-state index contributed by atoms with van der Waals surface area (Å²) in [7, 11) is 0. The highest BCUT2D eigenvalue weighted by molar-refractivity contribution is 5.75. The third-order valence-electron chi connectivity index (χ3n) is 3.07. The molecule has 0 spiro atoms. The summed E-state index contributed by atoms with van der Waals surface area (Å²) in [5.74, 6) is -0.157. The Labute approximate surface area is 134 Å². The number of benzene rings is 1. The molecule has 23 heavy (non-hydrogen) atoms. The predicted molar refractivity (Wildman–Crippen MR) is 88.1 cm³/mol. The second kappa shape index (κ2) is 9.55. The number of nitrogens with one attached hydrogen (secondary N) is 2. The number of piperazine rings is 1. The Balaban J connectivity index is 0.000000136. The van der Waals surface area contributed by atoms with E-state index in [1.54, 1.807) is 18.2 Å². The minimum Gasteiger partial charge on any atom is -0.435 e. The average Bonchev–Trinajstić information content (AvgIpc) is 3.08. The van der Waals surface area contributed by atoms with Crippen molar-refractivity contribution < 1.29 is 13.9 Å². The molecule has 1 saturated heterocycles. The molecule has 6 heteroatoms. The largest absolute Gasteiger partial charge is 0.435 e. The van der Waals surface area contributed by atoms with Crippen molar-refractivity contribution in [2.24, 2.45) is 0 Å². The molecule has 0 radical (unpaired) electrons. The van der Waals surface area contributed by atoms with Crippen molar-refractivity contribution in [3.05, 3.63) is 59.2 Å². The molecular formula is C17H20N2O4. The second-order valence-corrected chi connectivity index (χ2v) is 4.86. The molecule has 2 aliphatic rings. The molecule has 0 aliphatic carbocycles. The van der Waals surface area contributed by atoms with E-state index in [1.165, 1.54) is 12.3 Å². The Kier molecular flexibility index (Phi) is 7.03. The van der Waals surface area contributed by atoms with E-state index in [0.29, 0.717) is 12.0 Å². The van der Waals surface area contributed by atoms with Crippen molar-refractivity contribution in [2.75, 3.05) is 26.2 Å². The van der Waals surface area contributed by atoms with Crippen molar-refractivity contribution in [3.63, 3.8) is 0 Å². The Morgan fingerprint density at radius 2 is 1.57 bits per heavy atom. The smallest absolute Gasteiger partial charge is 0.336 e. The lowest BCUT2D eigenvalue weighted by molar-refractivity contribution is -0.135. The lowest BCUT2D eigenvalue weighted by Crippen LogP contribution is -2.39. The van der Waals surface area contributed by atoms with Crippen LogP contribution in [0.4, 0.5) is 0 Å². The number of cyclic esters (lactones) is 1. The molecule has 0 bridgehead atoms. The lowest BCUT2D eigenvalue weighted by atomic mass is 10.2. The fourth-order valence-corrected chi connectivity index (χ4v) is 1.93. The topological polar surface area (TPSA) is 80.6 Å². The van der Waals surface area contributed by atoms with Crippen LogP contribution in [0.1, 0.15) is 6.42 Å². The number of hydrogen-bond acceptors (Lipinski definition) is 6. The average molecular weight is 316 g/mol. The number of ether oxygens (including phenoxy) is 1. The van der Waals surface area contributed by atoms with Gasteiger partial charge in [-0.2, -0.15) is 0 Å². The van der Waals surface area contributed by atoms with Gasteiger partial charge in [-0.3, -0.25) is 4.79 Å². The molecule has 0 atom stereocenters. The van der Waals surface area contributed by atoms with E-state index < -0.39 is 0 Å². The summed E-state index contributed by atoms with van der Waals surface area (Å²) in [6.07, 6.45) is 3.53. The molecule has 122 valence electrons. The van der Waals surface area contributed by atoms with Crippen molar-refractivity contribution in [1.29, 1.82) is 0 Å². The minimum atomic E-state index is -0.302. The number of rotatable bonds is 0. The molecule has 2 aromatic rings. The van der Waals surface area contributed by atoms with Gasteiger partial charge in [-0.1, -0.05) is 18.2 Å². The standard InChI is InChI=1S/C9H6O2.C4H10N2.C4H4O2/c10-9-6-5-7-3-1-2-4-8(7)11-9;1-2-6-4-3-5-1;5-4-2-1-3-6-4/h1-6H;5-6H,1-4H2;1,3H,2H2. The van der Waals surface area contributed by atoms with Crippen molar-refractivity contribution in [3.8, 4) is 0 Å². The van der Waals surface area contributed by atoms with Crippen LogP contribution in [0.15, 0.2) is 57.9 Å². The molecule has 0 amide bonds. The first-order valence-electron chi connectivity index (χ1n) is 7.50. The van der Waals surface area contributed by atoms with E-state index >= 15 is 0 Å². The van der Waals surface area contributed by atoms with Crippen molar-refractivity contribution >= 4 is 16.9 Å². The van der Waals surface area contributed by atoms with Gasteiger partial charge < -0.3 is 19.8 Å². The number of para-hydroxylation sites is 1. The minimum absolute atomic E-state index is 0.157. The highest BCUT2D eigenvalue weighted by Gasteiger charge is 2.00. The van der Waals surface area contributed by atoms with Gasteiger partial charge in [0.05, 0.1) is 12.7 Å². The maximum Gasteiger partial charge on any atom is 0.336 e. The normalized spacial score (nSPS) is 15.9. The maximum absolute atomic E-state index is 10.7. The molecular weight excluding hydrogens is 296 g/mol. The summed E-state index contributed by atoms with van der Waals surface area (Å²) >= 11 is 0. The Bertz CT molecular complexity index is 683. The first kappa shape index (κ1) is 16.9. The van der Waals surface area contributed by atoms with E-state index in [-0.39, 0.29) is 11.6 Å². The van der Waals surface area contributed by atoms with Gasteiger partial charge in [-0.05, 0) is 18.2 Å². The summed E-state index contributed by atoms with van der Waals surface area (Å²) < 4.78 is 9.24. The number of hydrogen-bond donors (Lipinski definition) is 2. The van der Waals surface area contributed by atoms with Gasteiger partial charge in [0, 0.05) is 37.6 Å². The van der Waals surface area contributed by atoms with Crippen molar-refractivity contribution in [2.45, 2.75) is 6.42 Å². The fraction of sp³-hybridized carbons (Fsp3) is 0.294. The summed E-state index contributed by atoms with van der Waals surface area (Å²) in [5, 5.41) is 7.40. The van der Waals surface area contributed by atoms with E-state index in [4.69, 9.17) is 4.42 Å². The van der Waals surface area contributed by atoms with Crippen LogP contribution in [0.3, 0.4) is 0 Å². The molecule has 1 aromatic heterocycles. The van der Waals surface area contributed by atoms with Gasteiger partial charge in [0.25, 0.3) is 0 Å². The predicted octanol–water partition coefficient (Wildman–Crippen LogP) is 1.42. The van der Waals surface area contributed by atoms with Gasteiger partial charge >= 0.3 is 11.6 Å². The zero-order valence-corrected chi connectivity index (χ0v) is 12.8. The van der Waals surface area contributed by atoms with E-state index in [1.807, 2.05) is 18.2 Å². The third kappa shape index (κ3) is 6.46. The number of esters is 1. The van der Waals surface area contributed by atoms with Crippen molar-refractivity contribution in [1.82, 2.24) is 10.6 Å². The van der Waals surface area contributed by atoms with Crippen LogP contribution in [0, 0.1) is 0 Å². The first-order valence-corrected chi connectivity index (χ1v) is 7.50. The quantitative estimate of drug-likeness (QED) is 0.565. The maximum atomic E-state index is 10.7. The Morgan fingerprint density at radius 1 is 0.870 bits per heavy atom. The monoisotopic (exact) mass is 316 g/mol. The van der Waals surface area contributed by atoms with E-state index in [0.717, 1.165) is 31.6 Å². The van der Waals surface area contributed by atoms with E-state index in [2.05, 4.69) is 15.4 Å². The summed E-state index contributed by atoms with van der Waals surface area (Å²) in [5.41, 5.74) is 0.337. The fourth-order valence-electron chi connectivity index (χ4n) is 1.93. The summed E-state index contributed by atoms with van der Waals surface area (Å²) in [6, 6.07) is 10.6. The van der Waals surface area contributed by atoms with Gasteiger partial charge in [0.2, 0.25) is 0 Å².